The van der Waals surface area contributed by atoms with E-state index in [4.69, 9.17) is 4.74 Å². The number of piperidine rings is 1. The van der Waals surface area contributed by atoms with Gasteiger partial charge in [-0.15, -0.1) is 0 Å². The second-order valence-electron chi connectivity index (χ2n) is 7.87. The highest BCUT2D eigenvalue weighted by Gasteiger charge is 2.37. The van der Waals surface area contributed by atoms with Gasteiger partial charge in [-0.3, -0.25) is 4.90 Å². The van der Waals surface area contributed by atoms with Gasteiger partial charge in [0.1, 0.15) is 5.60 Å². The zero-order valence-electron chi connectivity index (χ0n) is 14.4. The predicted molar refractivity (Wildman–Crippen MR) is 91.6 cm³/mol. The summed E-state index contributed by atoms with van der Waals surface area (Å²) in [5.41, 5.74) is 0.919. The largest absolute Gasteiger partial charge is 0.444 e. The van der Waals surface area contributed by atoms with Crippen molar-refractivity contribution >= 4 is 6.09 Å². The molecular formula is C19H28N2O2. The molecule has 1 aliphatic carbocycles. The summed E-state index contributed by atoms with van der Waals surface area (Å²) in [6.07, 6.45) is 3.26. The van der Waals surface area contributed by atoms with Crippen molar-refractivity contribution < 1.29 is 9.53 Å². The third-order valence-corrected chi connectivity index (χ3v) is 4.53. The van der Waals surface area contributed by atoms with Crippen molar-refractivity contribution in [2.75, 3.05) is 13.1 Å². The molecule has 4 heteroatoms. The highest BCUT2D eigenvalue weighted by molar-refractivity contribution is 5.68. The van der Waals surface area contributed by atoms with Gasteiger partial charge in [-0.05, 0) is 51.5 Å². The van der Waals surface area contributed by atoms with Gasteiger partial charge >= 0.3 is 6.09 Å². The van der Waals surface area contributed by atoms with Gasteiger partial charge in [0.2, 0.25) is 0 Å². The van der Waals surface area contributed by atoms with Crippen molar-refractivity contribution in [2.45, 2.75) is 63.6 Å². The normalized spacial score (nSPS) is 25.9. The summed E-state index contributed by atoms with van der Waals surface area (Å²) in [6, 6.07) is 11.5. The number of alkyl carbamates (subject to hydrolysis) is 1. The summed E-state index contributed by atoms with van der Waals surface area (Å²) in [6.45, 7) is 7.73. The van der Waals surface area contributed by atoms with Gasteiger partial charge in [0, 0.05) is 25.2 Å². The highest BCUT2D eigenvalue weighted by atomic mass is 16.6. The number of benzene rings is 1. The number of carbonyl (C=O) groups excluding carboxylic acids is 1. The smallest absolute Gasteiger partial charge is 0.407 e. The summed E-state index contributed by atoms with van der Waals surface area (Å²) in [5.74, 6) is 0.477. The van der Waals surface area contributed by atoms with Crippen molar-refractivity contribution in [3.8, 4) is 0 Å². The molecule has 1 aliphatic heterocycles. The van der Waals surface area contributed by atoms with Gasteiger partial charge in [-0.2, -0.15) is 0 Å². The number of hydrogen-bond acceptors (Lipinski definition) is 3. The number of ether oxygens (including phenoxy) is 1. The molecule has 3 rings (SSSR count). The monoisotopic (exact) mass is 316 g/mol. The maximum absolute atomic E-state index is 12.1. The first kappa shape index (κ1) is 16.3. The maximum atomic E-state index is 12.1. The molecule has 1 aromatic rings. The Labute approximate surface area is 139 Å². The van der Waals surface area contributed by atoms with Crippen molar-refractivity contribution in [1.29, 1.82) is 0 Å². The molecule has 1 heterocycles. The minimum absolute atomic E-state index is 0.157. The van der Waals surface area contributed by atoms with E-state index in [0.717, 1.165) is 19.5 Å². The van der Waals surface area contributed by atoms with E-state index in [-0.39, 0.29) is 12.1 Å². The lowest BCUT2D eigenvalue weighted by Crippen LogP contribution is -2.51. The Morgan fingerprint density at radius 3 is 2.48 bits per heavy atom. The van der Waals surface area contributed by atoms with Crippen LogP contribution in [-0.2, 0) is 4.74 Å². The maximum Gasteiger partial charge on any atom is 0.407 e. The molecule has 0 bridgehead atoms. The van der Waals surface area contributed by atoms with Crippen LogP contribution < -0.4 is 5.32 Å². The number of hydrogen-bond donors (Lipinski definition) is 1. The topological polar surface area (TPSA) is 41.6 Å². The molecule has 1 saturated heterocycles. The molecule has 2 aliphatic rings. The summed E-state index contributed by atoms with van der Waals surface area (Å²) in [4.78, 5) is 14.7. The number of carbonyl (C=O) groups is 1. The predicted octanol–water partition coefficient (Wildman–Crippen LogP) is 3.53. The number of likely N-dealkylation sites (tertiary alicyclic amines) is 1. The molecule has 0 aromatic heterocycles. The van der Waals surface area contributed by atoms with Gasteiger partial charge < -0.3 is 10.1 Å². The zero-order valence-corrected chi connectivity index (χ0v) is 14.4. The SMILES string of the molecule is CC(C)(C)OC(=O)NC1CC(c2ccccc2)CN(C2CC2)C1. The molecule has 2 unspecified atom stereocenters. The number of nitrogens with one attached hydrogen (secondary N) is 1. The number of nitrogens with zero attached hydrogens (tertiary/aromatic N) is 1. The van der Waals surface area contributed by atoms with E-state index < -0.39 is 5.60 Å². The zero-order chi connectivity index (χ0) is 16.4. The van der Waals surface area contributed by atoms with E-state index in [9.17, 15) is 4.79 Å². The third kappa shape index (κ3) is 4.71. The van der Waals surface area contributed by atoms with Crippen LogP contribution in [0.4, 0.5) is 4.79 Å². The lowest BCUT2D eigenvalue weighted by atomic mass is 9.88. The van der Waals surface area contributed by atoms with Gasteiger partial charge in [-0.1, -0.05) is 30.3 Å². The fraction of sp³-hybridized carbons (Fsp3) is 0.632. The molecule has 126 valence electrons. The van der Waals surface area contributed by atoms with E-state index >= 15 is 0 Å². The highest BCUT2D eigenvalue weighted by Crippen LogP contribution is 2.34. The molecule has 23 heavy (non-hydrogen) atoms. The Hall–Kier alpha value is -1.55. The summed E-state index contributed by atoms with van der Waals surface area (Å²) < 4.78 is 5.42. The van der Waals surface area contributed by atoms with Crippen LogP contribution in [0.25, 0.3) is 0 Å². The molecule has 4 nitrogen and oxygen atoms in total. The molecule has 0 radical (unpaired) electrons. The lowest BCUT2D eigenvalue weighted by Gasteiger charge is -2.38. The quantitative estimate of drug-likeness (QED) is 0.927. The van der Waals surface area contributed by atoms with Crippen LogP contribution in [0.2, 0.25) is 0 Å². The van der Waals surface area contributed by atoms with E-state index in [2.05, 4.69) is 40.5 Å². The molecular weight excluding hydrogens is 288 g/mol. The molecule has 1 amide bonds. The fourth-order valence-corrected chi connectivity index (χ4v) is 3.42. The molecule has 0 spiro atoms. The molecule has 1 aromatic carbocycles. The first-order chi connectivity index (χ1) is 10.9. The molecule has 2 fully saturated rings. The molecule has 1 saturated carbocycles. The van der Waals surface area contributed by atoms with Crippen LogP contribution >= 0.6 is 0 Å². The minimum atomic E-state index is -0.451. The van der Waals surface area contributed by atoms with Crippen LogP contribution in [0.15, 0.2) is 30.3 Å². The first-order valence-corrected chi connectivity index (χ1v) is 8.69. The van der Waals surface area contributed by atoms with Crippen molar-refractivity contribution in [3.63, 3.8) is 0 Å². The Bertz CT molecular complexity index is 534. The van der Waals surface area contributed by atoms with Crippen molar-refractivity contribution in [2.24, 2.45) is 0 Å². The average Bonchev–Trinajstić information content (AvgIpc) is 3.30. The molecule has 2 atom stereocenters. The number of amides is 1. The summed E-state index contributed by atoms with van der Waals surface area (Å²) in [7, 11) is 0. The van der Waals surface area contributed by atoms with Crippen LogP contribution in [0.3, 0.4) is 0 Å². The van der Waals surface area contributed by atoms with Crippen molar-refractivity contribution in [1.82, 2.24) is 10.2 Å². The Morgan fingerprint density at radius 1 is 1.17 bits per heavy atom. The van der Waals surface area contributed by atoms with Crippen LogP contribution in [0.5, 0.6) is 0 Å². The lowest BCUT2D eigenvalue weighted by molar-refractivity contribution is 0.0461. The second kappa shape index (κ2) is 6.52. The van der Waals surface area contributed by atoms with Crippen LogP contribution in [-0.4, -0.2) is 41.8 Å². The van der Waals surface area contributed by atoms with E-state index in [0.29, 0.717) is 12.0 Å². The molecule has 1 N–H and O–H groups in total. The van der Waals surface area contributed by atoms with Crippen LogP contribution in [0.1, 0.15) is 51.5 Å². The van der Waals surface area contributed by atoms with E-state index in [1.54, 1.807) is 0 Å². The van der Waals surface area contributed by atoms with Gasteiger partial charge in [0.05, 0.1) is 0 Å². The van der Waals surface area contributed by atoms with E-state index in [1.807, 2.05) is 20.8 Å². The fourth-order valence-electron chi connectivity index (χ4n) is 3.42. The minimum Gasteiger partial charge on any atom is -0.444 e. The summed E-state index contributed by atoms with van der Waals surface area (Å²) >= 11 is 0. The third-order valence-electron chi connectivity index (χ3n) is 4.53. The van der Waals surface area contributed by atoms with E-state index in [1.165, 1.54) is 18.4 Å². The summed E-state index contributed by atoms with van der Waals surface area (Å²) in [5, 5.41) is 3.08. The second-order valence-corrected chi connectivity index (χ2v) is 7.87. The standard InChI is InChI=1S/C19H28N2O2/c1-19(2,3)23-18(22)20-16-11-15(14-7-5-4-6-8-14)12-21(13-16)17-9-10-17/h4-8,15-17H,9-13H2,1-3H3,(H,20,22). The van der Waals surface area contributed by atoms with Crippen molar-refractivity contribution in [3.05, 3.63) is 35.9 Å². The van der Waals surface area contributed by atoms with Gasteiger partial charge in [-0.25, -0.2) is 4.79 Å². The Kier molecular flexibility index (Phi) is 4.62. The average molecular weight is 316 g/mol. The first-order valence-electron chi connectivity index (χ1n) is 8.69. The van der Waals surface area contributed by atoms with Crippen LogP contribution in [0, 0.1) is 0 Å². The Morgan fingerprint density at radius 2 is 1.87 bits per heavy atom. The van der Waals surface area contributed by atoms with Gasteiger partial charge in [0.25, 0.3) is 0 Å². The Balaban J connectivity index is 1.66. The number of rotatable bonds is 3. The van der Waals surface area contributed by atoms with Gasteiger partial charge in [0.15, 0.2) is 0 Å².